The summed E-state index contributed by atoms with van der Waals surface area (Å²) in [5.74, 6) is -0.0847. The molecule has 9 heteroatoms. The van der Waals surface area contributed by atoms with Gasteiger partial charge in [-0.2, -0.15) is 5.10 Å². The third kappa shape index (κ3) is 4.02. The topological polar surface area (TPSA) is 63.5 Å². The number of halogens is 1. The molecule has 0 aliphatic carbocycles. The normalized spacial score (nSPS) is 15.2. The van der Waals surface area contributed by atoms with E-state index in [9.17, 15) is 4.79 Å². The first-order valence-corrected chi connectivity index (χ1v) is 10.8. The maximum absolute atomic E-state index is 13.5. The first kappa shape index (κ1) is 20.3. The molecule has 1 saturated heterocycles. The predicted molar refractivity (Wildman–Crippen MR) is 116 cm³/mol. The smallest absolute Gasteiger partial charge is 0.278 e. The lowest BCUT2D eigenvalue weighted by atomic mass is 10.2. The van der Waals surface area contributed by atoms with Gasteiger partial charge in [0.1, 0.15) is 5.69 Å². The summed E-state index contributed by atoms with van der Waals surface area (Å²) in [6.45, 7) is 8.39. The number of anilines is 1. The maximum atomic E-state index is 13.5. The Bertz CT molecular complexity index is 1020. The molecule has 0 spiro atoms. The maximum Gasteiger partial charge on any atom is 0.278 e. The molecule has 1 aromatic carbocycles. The van der Waals surface area contributed by atoms with Crippen LogP contribution in [0.15, 0.2) is 18.3 Å². The Balaban J connectivity index is 1.69. The van der Waals surface area contributed by atoms with E-state index in [-0.39, 0.29) is 5.91 Å². The van der Waals surface area contributed by atoms with E-state index in [2.05, 4.69) is 10.00 Å². The number of benzene rings is 1. The molecule has 3 heterocycles. The molecule has 0 radical (unpaired) electrons. The molecular weight excluding hydrogens is 410 g/mol. The van der Waals surface area contributed by atoms with Gasteiger partial charge in [-0.15, -0.1) is 0 Å². The fourth-order valence-corrected chi connectivity index (χ4v) is 4.74. The quantitative estimate of drug-likeness (QED) is 0.617. The van der Waals surface area contributed by atoms with Crippen molar-refractivity contribution in [3.8, 4) is 0 Å². The lowest BCUT2D eigenvalue weighted by Crippen LogP contribution is -2.43. The monoisotopic (exact) mass is 433 g/mol. The summed E-state index contributed by atoms with van der Waals surface area (Å²) in [5, 5.41) is 5.61. The number of fused-ring (bicyclic) bond motifs is 1. The van der Waals surface area contributed by atoms with Gasteiger partial charge in [-0.1, -0.05) is 22.9 Å². The van der Waals surface area contributed by atoms with E-state index < -0.39 is 0 Å². The van der Waals surface area contributed by atoms with Crippen molar-refractivity contribution >= 4 is 44.2 Å². The van der Waals surface area contributed by atoms with Crippen molar-refractivity contribution < 1.29 is 9.53 Å². The van der Waals surface area contributed by atoms with Crippen LogP contribution in [-0.2, 0) is 11.8 Å². The summed E-state index contributed by atoms with van der Waals surface area (Å²) in [7, 11) is 1.79. The molecule has 1 aliphatic rings. The second-order valence-electron chi connectivity index (χ2n) is 7.23. The number of ether oxygens (including phenoxy) is 1. The number of aromatic nitrogens is 3. The van der Waals surface area contributed by atoms with E-state index in [0.717, 1.165) is 54.2 Å². The Morgan fingerprint density at radius 3 is 2.76 bits per heavy atom. The number of carbonyl (C=O) groups is 1. The van der Waals surface area contributed by atoms with Crippen molar-refractivity contribution in [2.45, 2.75) is 13.8 Å². The number of amides is 1. The van der Waals surface area contributed by atoms with Crippen molar-refractivity contribution in [2.75, 3.05) is 44.3 Å². The van der Waals surface area contributed by atoms with Crippen LogP contribution in [0.1, 0.15) is 21.6 Å². The minimum absolute atomic E-state index is 0.0847. The van der Waals surface area contributed by atoms with Crippen LogP contribution >= 0.6 is 22.9 Å². The zero-order valence-electron chi connectivity index (χ0n) is 16.8. The lowest BCUT2D eigenvalue weighted by Gasteiger charge is -2.29. The summed E-state index contributed by atoms with van der Waals surface area (Å²) >= 11 is 7.79. The Morgan fingerprint density at radius 1 is 1.31 bits per heavy atom. The van der Waals surface area contributed by atoms with E-state index in [1.807, 2.05) is 26.0 Å². The van der Waals surface area contributed by atoms with Crippen LogP contribution in [0.25, 0.3) is 10.2 Å². The standard InChI is InChI=1S/C20H24ClN5O2S/c1-13-12-22-24(3)18(13)19(27)26(7-6-25-8-10-28-11-9-25)20-23-17-14(2)15(21)4-5-16(17)29-20/h4-5,12H,6-11H2,1-3H3. The number of rotatable bonds is 5. The van der Waals surface area contributed by atoms with Gasteiger partial charge in [0.05, 0.1) is 29.6 Å². The average molecular weight is 434 g/mol. The molecule has 7 nitrogen and oxygen atoms in total. The van der Waals surface area contributed by atoms with Crippen molar-refractivity contribution in [3.05, 3.63) is 40.2 Å². The number of carbonyl (C=O) groups excluding carboxylic acids is 1. The van der Waals surface area contributed by atoms with Crippen LogP contribution in [0, 0.1) is 13.8 Å². The van der Waals surface area contributed by atoms with Gasteiger partial charge < -0.3 is 4.74 Å². The van der Waals surface area contributed by atoms with E-state index in [4.69, 9.17) is 21.3 Å². The van der Waals surface area contributed by atoms with Crippen LogP contribution in [-0.4, -0.2) is 65.0 Å². The van der Waals surface area contributed by atoms with Crippen molar-refractivity contribution in [2.24, 2.45) is 7.05 Å². The fourth-order valence-electron chi connectivity index (χ4n) is 3.54. The highest BCUT2D eigenvalue weighted by atomic mass is 35.5. The highest BCUT2D eigenvalue weighted by molar-refractivity contribution is 7.22. The first-order valence-electron chi connectivity index (χ1n) is 9.62. The molecular formula is C20H24ClN5O2S. The number of aryl methyl sites for hydroxylation is 3. The molecule has 4 rings (SSSR count). The molecule has 154 valence electrons. The minimum atomic E-state index is -0.0847. The minimum Gasteiger partial charge on any atom is -0.379 e. The number of thiazole rings is 1. The van der Waals surface area contributed by atoms with Gasteiger partial charge in [0.2, 0.25) is 0 Å². The molecule has 0 atom stereocenters. The number of hydrogen-bond donors (Lipinski definition) is 0. The summed E-state index contributed by atoms with van der Waals surface area (Å²) in [6, 6.07) is 3.85. The highest BCUT2D eigenvalue weighted by Gasteiger charge is 2.26. The molecule has 29 heavy (non-hydrogen) atoms. The van der Waals surface area contributed by atoms with Crippen LogP contribution in [0.5, 0.6) is 0 Å². The zero-order valence-corrected chi connectivity index (χ0v) is 18.4. The summed E-state index contributed by atoms with van der Waals surface area (Å²) in [6.07, 6.45) is 1.72. The van der Waals surface area contributed by atoms with Gasteiger partial charge in [-0.25, -0.2) is 4.98 Å². The van der Waals surface area contributed by atoms with Gasteiger partial charge in [0.25, 0.3) is 5.91 Å². The van der Waals surface area contributed by atoms with Crippen LogP contribution in [0.4, 0.5) is 5.13 Å². The molecule has 0 bridgehead atoms. The number of nitrogens with zero attached hydrogens (tertiary/aromatic N) is 5. The second-order valence-corrected chi connectivity index (χ2v) is 8.64. The van der Waals surface area contributed by atoms with Crippen LogP contribution < -0.4 is 4.90 Å². The van der Waals surface area contributed by atoms with Crippen molar-refractivity contribution in [1.82, 2.24) is 19.7 Å². The van der Waals surface area contributed by atoms with E-state index in [0.29, 0.717) is 22.4 Å². The Labute approximate surface area is 178 Å². The van der Waals surface area contributed by atoms with Gasteiger partial charge in [-0.05, 0) is 37.1 Å². The van der Waals surface area contributed by atoms with Gasteiger partial charge in [-0.3, -0.25) is 19.3 Å². The molecule has 1 amide bonds. The van der Waals surface area contributed by atoms with Crippen LogP contribution in [0.3, 0.4) is 0 Å². The van der Waals surface area contributed by atoms with E-state index in [1.165, 1.54) is 11.3 Å². The zero-order chi connectivity index (χ0) is 20.5. The van der Waals surface area contributed by atoms with Crippen molar-refractivity contribution in [1.29, 1.82) is 0 Å². The summed E-state index contributed by atoms with van der Waals surface area (Å²) < 4.78 is 8.09. The fraction of sp³-hybridized carbons (Fsp3) is 0.450. The van der Waals surface area contributed by atoms with Crippen molar-refractivity contribution in [3.63, 3.8) is 0 Å². The van der Waals surface area contributed by atoms with E-state index >= 15 is 0 Å². The lowest BCUT2D eigenvalue weighted by molar-refractivity contribution is 0.0391. The van der Waals surface area contributed by atoms with Crippen LogP contribution in [0.2, 0.25) is 5.02 Å². The molecule has 1 fully saturated rings. The third-order valence-electron chi connectivity index (χ3n) is 5.28. The average Bonchev–Trinajstić information content (AvgIpc) is 3.29. The summed E-state index contributed by atoms with van der Waals surface area (Å²) in [4.78, 5) is 22.4. The molecule has 0 unspecified atom stereocenters. The molecule has 0 N–H and O–H groups in total. The molecule has 1 aliphatic heterocycles. The SMILES string of the molecule is Cc1cnn(C)c1C(=O)N(CCN1CCOCC1)c1nc2c(C)c(Cl)ccc2s1. The molecule has 2 aromatic heterocycles. The first-order chi connectivity index (χ1) is 14.0. The summed E-state index contributed by atoms with van der Waals surface area (Å²) in [5.41, 5.74) is 3.22. The molecule has 0 saturated carbocycles. The van der Waals surface area contributed by atoms with Gasteiger partial charge >= 0.3 is 0 Å². The molecule has 3 aromatic rings. The van der Waals surface area contributed by atoms with Gasteiger partial charge in [0, 0.05) is 38.2 Å². The number of morpholine rings is 1. The highest BCUT2D eigenvalue weighted by Crippen LogP contribution is 2.34. The largest absolute Gasteiger partial charge is 0.379 e. The van der Waals surface area contributed by atoms with Gasteiger partial charge in [0.15, 0.2) is 5.13 Å². The second kappa shape index (κ2) is 8.39. The van der Waals surface area contributed by atoms with E-state index in [1.54, 1.807) is 22.8 Å². The Hall–Kier alpha value is -2.00. The Kier molecular flexibility index (Phi) is 5.87. The predicted octanol–water partition coefficient (Wildman–Crippen LogP) is 3.28. The number of hydrogen-bond acceptors (Lipinski definition) is 6. The Morgan fingerprint density at radius 2 is 2.07 bits per heavy atom. The third-order valence-corrected chi connectivity index (χ3v) is 6.73.